The predicted molar refractivity (Wildman–Crippen MR) is 99.0 cm³/mol. The van der Waals surface area contributed by atoms with Crippen LogP contribution >= 0.6 is 0 Å². The van der Waals surface area contributed by atoms with Gasteiger partial charge in [0.1, 0.15) is 0 Å². The number of para-hydroxylation sites is 1. The van der Waals surface area contributed by atoms with E-state index in [2.05, 4.69) is 5.32 Å². The van der Waals surface area contributed by atoms with Crippen molar-refractivity contribution in [3.63, 3.8) is 0 Å². The van der Waals surface area contributed by atoms with Crippen LogP contribution in [0.3, 0.4) is 0 Å². The molecule has 0 saturated heterocycles. The quantitative estimate of drug-likeness (QED) is 0.505. The van der Waals surface area contributed by atoms with E-state index < -0.39 is 11.8 Å². The van der Waals surface area contributed by atoms with Gasteiger partial charge in [0.25, 0.3) is 0 Å². The van der Waals surface area contributed by atoms with Gasteiger partial charge in [0.2, 0.25) is 11.7 Å². The lowest BCUT2D eigenvalue weighted by Crippen LogP contribution is -2.16. The highest BCUT2D eigenvalue weighted by Gasteiger charge is 2.37. The van der Waals surface area contributed by atoms with Crippen molar-refractivity contribution in [3.05, 3.63) is 82.9 Å². The number of carbonyl (C=O) groups is 2. The maximum atomic E-state index is 12.7. The number of hydrogen-bond donors (Lipinski definition) is 1. The molecule has 0 bridgehead atoms. The number of benzene rings is 2. The van der Waals surface area contributed by atoms with Crippen molar-refractivity contribution in [2.45, 2.75) is 13.8 Å². The maximum absolute atomic E-state index is 12.7. The van der Waals surface area contributed by atoms with Crippen molar-refractivity contribution in [2.75, 3.05) is 11.9 Å². The molecule has 132 valence electrons. The van der Waals surface area contributed by atoms with Gasteiger partial charge >= 0.3 is 5.97 Å². The first kappa shape index (κ1) is 17.5. The molecule has 0 amide bonds. The zero-order valence-electron chi connectivity index (χ0n) is 14.6. The van der Waals surface area contributed by atoms with Crippen LogP contribution in [0.5, 0.6) is 0 Å². The van der Waals surface area contributed by atoms with Crippen LogP contribution < -0.4 is 5.32 Å². The Balaban J connectivity index is 1.96. The lowest BCUT2D eigenvalue weighted by Gasteiger charge is -2.08. The van der Waals surface area contributed by atoms with Crippen LogP contribution in [-0.4, -0.2) is 18.4 Å². The molecule has 0 fully saturated rings. The summed E-state index contributed by atoms with van der Waals surface area (Å²) < 4.78 is 10.7. The van der Waals surface area contributed by atoms with Crippen LogP contribution in [0.15, 0.2) is 71.8 Å². The van der Waals surface area contributed by atoms with Gasteiger partial charge in [-0.2, -0.15) is 0 Å². The molecule has 0 radical (unpaired) electrons. The van der Waals surface area contributed by atoms with Crippen LogP contribution in [0, 0.1) is 6.92 Å². The average Bonchev–Trinajstić information content (AvgIpc) is 2.93. The van der Waals surface area contributed by atoms with Gasteiger partial charge in [-0.3, -0.25) is 4.79 Å². The third kappa shape index (κ3) is 3.67. The molecule has 1 heterocycles. The normalized spacial score (nSPS) is 15.2. The van der Waals surface area contributed by atoms with Gasteiger partial charge in [-0.1, -0.05) is 42.5 Å². The summed E-state index contributed by atoms with van der Waals surface area (Å²) in [6, 6.07) is 16.8. The lowest BCUT2D eigenvalue weighted by atomic mass is 10.1. The van der Waals surface area contributed by atoms with Gasteiger partial charge in [0.05, 0.1) is 6.61 Å². The Labute approximate surface area is 151 Å². The predicted octanol–water partition coefficient (Wildman–Crippen LogP) is 3.82. The number of carbonyl (C=O) groups excluding carboxylic acids is 2. The number of ketones is 1. The van der Waals surface area contributed by atoms with E-state index in [1.165, 1.54) is 0 Å². The van der Waals surface area contributed by atoms with Crippen molar-refractivity contribution in [1.82, 2.24) is 0 Å². The van der Waals surface area contributed by atoms with Crippen LogP contribution in [0.4, 0.5) is 5.69 Å². The fourth-order valence-electron chi connectivity index (χ4n) is 2.55. The number of anilines is 1. The number of nitrogens with one attached hydrogen (secondary N) is 1. The summed E-state index contributed by atoms with van der Waals surface area (Å²) in [5.41, 5.74) is 2.42. The van der Waals surface area contributed by atoms with E-state index in [0.717, 1.165) is 11.1 Å². The minimum atomic E-state index is -0.705. The molecular formula is C21H19NO4. The molecule has 0 unspecified atom stereocenters. The number of allylic oxidation sites excluding steroid dienone is 1. The van der Waals surface area contributed by atoms with Gasteiger partial charge in [-0.15, -0.1) is 0 Å². The summed E-state index contributed by atoms with van der Waals surface area (Å²) in [5.74, 6) is -1.03. The van der Waals surface area contributed by atoms with Gasteiger partial charge in [0.15, 0.2) is 11.3 Å². The molecule has 0 aliphatic carbocycles. The zero-order chi connectivity index (χ0) is 18.5. The monoisotopic (exact) mass is 349 g/mol. The van der Waals surface area contributed by atoms with Gasteiger partial charge < -0.3 is 14.8 Å². The standard InChI is InChI=1S/C21H19NO4/c1-3-25-21(24)18-19(23)17(13-15-10-8-7-9-14(15)2)26-20(18)22-16-11-5-4-6-12-16/h4-13,22H,3H2,1-2H3/b17-13-. The SMILES string of the molecule is CCOC(=O)C1=C(Nc2ccccc2)O/C(=C\c2ccccc2C)C1=O. The molecule has 3 rings (SSSR count). The number of esters is 1. The molecule has 5 heteroatoms. The summed E-state index contributed by atoms with van der Waals surface area (Å²) in [7, 11) is 0. The van der Waals surface area contributed by atoms with Crippen molar-refractivity contribution in [3.8, 4) is 0 Å². The second kappa shape index (κ2) is 7.70. The second-order valence-electron chi connectivity index (χ2n) is 5.71. The minimum absolute atomic E-state index is 0.0829. The molecule has 1 aliphatic heterocycles. The van der Waals surface area contributed by atoms with E-state index in [-0.39, 0.29) is 23.8 Å². The summed E-state index contributed by atoms with van der Waals surface area (Å²) in [5, 5.41) is 2.99. The van der Waals surface area contributed by atoms with E-state index in [9.17, 15) is 9.59 Å². The largest absolute Gasteiger partial charge is 0.462 e. The van der Waals surface area contributed by atoms with E-state index in [1.807, 2.05) is 61.5 Å². The number of aryl methyl sites for hydroxylation is 1. The van der Waals surface area contributed by atoms with E-state index in [1.54, 1.807) is 13.0 Å². The first-order valence-electron chi connectivity index (χ1n) is 8.33. The Morgan fingerprint density at radius 3 is 2.50 bits per heavy atom. The summed E-state index contributed by atoms with van der Waals surface area (Å²) in [4.78, 5) is 25.0. The van der Waals surface area contributed by atoms with E-state index in [4.69, 9.17) is 9.47 Å². The molecular weight excluding hydrogens is 330 g/mol. The number of ether oxygens (including phenoxy) is 2. The fraction of sp³-hybridized carbons (Fsp3) is 0.143. The van der Waals surface area contributed by atoms with E-state index in [0.29, 0.717) is 5.69 Å². The Morgan fingerprint density at radius 2 is 1.81 bits per heavy atom. The molecule has 0 atom stereocenters. The average molecular weight is 349 g/mol. The Morgan fingerprint density at radius 1 is 1.12 bits per heavy atom. The van der Waals surface area contributed by atoms with E-state index >= 15 is 0 Å². The molecule has 1 N–H and O–H groups in total. The van der Waals surface area contributed by atoms with Crippen LogP contribution in [0.25, 0.3) is 6.08 Å². The minimum Gasteiger partial charge on any atom is -0.462 e. The number of hydrogen-bond acceptors (Lipinski definition) is 5. The van der Waals surface area contributed by atoms with Gasteiger partial charge in [-0.25, -0.2) is 4.79 Å². The Bertz CT molecular complexity index is 897. The van der Waals surface area contributed by atoms with Crippen LogP contribution in [0.1, 0.15) is 18.1 Å². The van der Waals surface area contributed by atoms with Crippen molar-refractivity contribution in [1.29, 1.82) is 0 Å². The second-order valence-corrected chi connectivity index (χ2v) is 5.71. The first-order valence-corrected chi connectivity index (χ1v) is 8.33. The zero-order valence-corrected chi connectivity index (χ0v) is 14.6. The maximum Gasteiger partial charge on any atom is 0.347 e. The molecule has 0 aromatic heterocycles. The molecule has 0 saturated carbocycles. The van der Waals surface area contributed by atoms with Crippen molar-refractivity contribution < 1.29 is 19.1 Å². The molecule has 2 aromatic carbocycles. The number of Topliss-reactive ketones (excluding diaryl/α,β-unsaturated/α-hetero) is 1. The first-order chi connectivity index (χ1) is 12.6. The van der Waals surface area contributed by atoms with Crippen LogP contribution in [-0.2, 0) is 19.1 Å². The highest BCUT2D eigenvalue weighted by molar-refractivity contribution is 6.26. The third-order valence-corrected chi connectivity index (χ3v) is 3.88. The number of rotatable bonds is 5. The fourth-order valence-corrected chi connectivity index (χ4v) is 2.55. The summed E-state index contributed by atoms with van der Waals surface area (Å²) in [6.07, 6.45) is 1.64. The third-order valence-electron chi connectivity index (χ3n) is 3.88. The van der Waals surface area contributed by atoms with Crippen molar-refractivity contribution in [2.24, 2.45) is 0 Å². The molecule has 26 heavy (non-hydrogen) atoms. The lowest BCUT2D eigenvalue weighted by molar-refractivity contribution is -0.139. The molecule has 1 aliphatic rings. The molecule has 0 spiro atoms. The van der Waals surface area contributed by atoms with Gasteiger partial charge in [-0.05, 0) is 43.2 Å². The molecule has 2 aromatic rings. The highest BCUT2D eigenvalue weighted by Crippen LogP contribution is 2.29. The van der Waals surface area contributed by atoms with Gasteiger partial charge in [0, 0.05) is 5.69 Å². The van der Waals surface area contributed by atoms with Crippen molar-refractivity contribution >= 4 is 23.5 Å². The Kier molecular flexibility index (Phi) is 5.17. The summed E-state index contributed by atoms with van der Waals surface area (Å²) >= 11 is 0. The smallest absolute Gasteiger partial charge is 0.347 e. The van der Waals surface area contributed by atoms with Crippen LogP contribution in [0.2, 0.25) is 0 Å². The molecule has 5 nitrogen and oxygen atoms in total. The Hall–Kier alpha value is -3.34. The topological polar surface area (TPSA) is 64.6 Å². The highest BCUT2D eigenvalue weighted by atomic mass is 16.5. The summed E-state index contributed by atoms with van der Waals surface area (Å²) in [6.45, 7) is 3.80.